The summed E-state index contributed by atoms with van der Waals surface area (Å²) in [5.74, 6) is 1.80. The lowest BCUT2D eigenvalue weighted by molar-refractivity contribution is 0.353. The topological polar surface area (TPSA) is 56.2 Å². The summed E-state index contributed by atoms with van der Waals surface area (Å²) in [5.41, 5.74) is 14.9. The molecule has 0 aliphatic heterocycles. The predicted octanol–water partition coefficient (Wildman–Crippen LogP) is 13.9. The van der Waals surface area contributed by atoms with Crippen LogP contribution < -0.4 is 0 Å². The van der Waals surface area contributed by atoms with Crippen LogP contribution in [0.2, 0.25) is 0 Å². The van der Waals surface area contributed by atoms with Crippen molar-refractivity contribution in [1.82, 2.24) is 15.0 Å². The van der Waals surface area contributed by atoms with Crippen molar-refractivity contribution in [3.05, 3.63) is 180 Å². The highest BCUT2D eigenvalue weighted by molar-refractivity contribution is 6.05. The Morgan fingerprint density at radius 1 is 0.439 bits per heavy atom. The van der Waals surface area contributed by atoms with Crippen LogP contribution in [0.15, 0.2) is 162 Å². The molecule has 0 bridgehead atoms. The van der Waals surface area contributed by atoms with E-state index in [4.69, 9.17) is 25.9 Å². The van der Waals surface area contributed by atoms with Gasteiger partial charge in [-0.1, -0.05) is 141 Å². The molecule has 0 atom stereocenters. The summed E-state index contributed by atoms with van der Waals surface area (Å²) in [5, 5.41) is 2.15. The van der Waals surface area contributed by atoms with Crippen molar-refractivity contribution in [2.45, 2.75) is 37.5 Å². The van der Waals surface area contributed by atoms with Crippen LogP contribution in [0.5, 0.6) is 0 Å². The van der Waals surface area contributed by atoms with E-state index in [9.17, 15) is 0 Å². The third-order valence-electron chi connectivity index (χ3n) is 12.2. The fourth-order valence-electron chi connectivity index (χ4n) is 9.34. The standard InChI is InChI=1S/C52H36N4O/c1-53-40-23-26-45-44(32-40)41-24-21-37(30-46(41)52(45)27-8-3-9-28-52)36-13-10-14-38(29-36)50-54-49(35-19-17-34(18-20-35)33-11-4-2-5-12-33)55-51(56-50)39-22-25-43-42-15-6-7-16-47(42)57-48(43)31-39/h2,4-7,10-26,29-32H,3,8-9,27-28H2. The molecular weight excluding hydrogens is 697 g/mol. The van der Waals surface area contributed by atoms with Crippen LogP contribution in [-0.2, 0) is 5.41 Å². The quantitative estimate of drug-likeness (QED) is 0.165. The first-order valence-electron chi connectivity index (χ1n) is 19.7. The van der Waals surface area contributed by atoms with E-state index in [1.54, 1.807) is 0 Å². The van der Waals surface area contributed by atoms with Crippen molar-refractivity contribution in [1.29, 1.82) is 0 Å². The number of rotatable bonds is 5. The maximum absolute atomic E-state index is 7.69. The van der Waals surface area contributed by atoms with Crippen molar-refractivity contribution >= 4 is 27.6 Å². The molecule has 57 heavy (non-hydrogen) atoms. The van der Waals surface area contributed by atoms with Gasteiger partial charge in [0, 0.05) is 32.9 Å². The van der Waals surface area contributed by atoms with Gasteiger partial charge in [0.15, 0.2) is 23.2 Å². The van der Waals surface area contributed by atoms with Crippen LogP contribution in [0.4, 0.5) is 5.69 Å². The van der Waals surface area contributed by atoms with Crippen LogP contribution in [-0.4, -0.2) is 15.0 Å². The van der Waals surface area contributed by atoms with Gasteiger partial charge in [0.25, 0.3) is 0 Å². The summed E-state index contributed by atoms with van der Waals surface area (Å²) in [4.78, 5) is 19.1. The highest BCUT2D eigenvalue weighted by atomic mass is 16.3. The summed E-state index contributed by atoms with van der Waals surface area (Å²) >= 11 is 0. The Bertz CT molecular complexity index is 3060. The van der Waals surface area contributed by atoms with E-state index >= 15 is 0 Å². The van der Waals surface area contributed by atoms with Crippen LogP contribution in [0, 0.1) is 6.57 Å². The summed E-state index contributed by atoms with van der Waals surface area (Å²) in [6, 6.07) is 55.0. The van der Waals surface area contributed by atoms with E-state index in [0.29, 0.717) is 23.2 Å². The number of fused-ring (bicyclic) bond motifs is 8. The van der Waals surface area contributed by atoms with Crippen LogP contribution in [0.3, 0.4) is 0 Å². The van der Waals surface area contributed by atoms with Gasteiger partial charge >= 0.3 is 0 Å². The second-order valence-electron chi connectivity index (χ2n) is 15.4. The first kappa shape index (κ1) is 33.2. The Morgan fingerprint density at radius 2 is 1.05 bits per heavy atom. The van der Waals surface area contributed by atoms with Crippen LogP contribution >= 0.6 is 0 Å². The van der Waals surface area contributed by atoms with E-state index in [2.05, 4.69) is 126 Å². The first-order chi connectivity index (χ1) is 28.1. The maximum Gasteiger partial charge on any atom is 0.187 e. The zero-order chi connectivity index (χ0) is 37.9. The zero-order valence-corrected chi connectivity index (χ0v) is 31.2. The van der Waals surface area contributed by atoms with E-state index in [-0.39, 0.29) is 5.41 Å². The van der Waals surface area contributed by atoms with Gasteiger partial charge in [-0.3, -0.25) is 0 Å². The van der Waals surface area contributed by atoms with Crippen LogP contribution in [0.25, 0.3) is 94.3 Å². The molecule has 1 fully saturated rings. The molecule has 270 valence electrons. The first-order valence-corrected chi connectivity index (χ1v) is 19.7. The molecule has 7 aromatic carbocycles. The SMILES string of the molecule is [C-]#[N+]c1ccc2c(c1)-c1ccc(-c3cccc(-c4nc(-c5ccc(-c6ccccc6)cc5)nc(-c5ccc6c(c5)oc5ccccc56)n4)c3)cc1C21CCCCC1. The highest BCUT2D eigenvalue weighted by Gasteiger charge is 2.43. The molecule has 0 saturated heterocycles. The van der Waals surface area contributed by atoms with E-state index < -0.39 is 0 Å². The predicted molar refractivity (Wildman–Crippen MR) is 230 cm³/mol. The highest BCUT2D eigenvalue weighted by Crippen LogP contribution is 2.57. The Morgan fingerprint density at radius 3 is 1.86 bits per heavy atom. The summed E-state index contributed by atoms with van der Waals surface area (Å²) in [7, 11) is 0. The molecule has 5 heteroatoms. The molecular formula is C52H36N4O. The zero-order valence-electron chi connectivity index (χ0n) is 31.2. The van der Waals surface area contributed by atoms with Gasteiger partial charge < -0.3 is 4.42 Å². The van der Waals surface area contributed by atoms with Crippen molar-refractivity contribution in [2.75, 3.05) is 0 Å². The van der Waals surface area contributed by atoms with E-state index in [1.807, 2.05) is 36.4 Å². The van der Waals surface area contributed by atoms with Gasteiger partial charge in [-0.2, -0.15) is 0 Å². The number of para-hydroxylation sites is 1. The number of furan rings is 1. The van der Waals surface area contributed by atoms with Crippen molar-refractivity contribution in [3.8, 4) is 67.5 Å². The van der Waals surface area contributed by atoms with E-state index in [0.717, 1.165) is 68.2 Å². The minimum atomic E-state index is -0.00783. The molecule has 2 heterocycles. The van der Waals surface area contributed by atoms with Crippen molar-refractivity contribution < 1.29 is 4.42 Å². The normalized spacial score (nSPS) is 14.1. The van der Waals surface area contributed by atoms with Gasteiger partial charge in [0.05, 0.1) is 6.57 Å². The average Bonchev–Trinajstić information content (AvgIpc) is 3.78. The lowest BCUT2D eigenvalue weighted by Gasteiger charge is -2.36. The molecule has 2 aliphatic carbocycles. The molecule has 2 aromatic heterocycles. The van der Waals surface area contributed by atoms with E-state index in [1.165, 1.54) is 47.1 Å². The number of hydrogen-bond acceptors (Lipinski definition) is 4. The minimum Gasteiger partial charge on any atom is -0.456 e. The Labute approximate surface area is 331 Å². The fraction of sp³-hybridized carbons (Fsp3) is 0.115. The molecule has 0 N–H and O–H groups in total. The number of benzene rings is 7. The molecule has 0 amide bonds. The second-order valence-corrected chi connectivity index (χ2v) is 15.4. The Kier molecular flexibility index (Phi) is 7.72. The molecule has 9 aromatic rings. The lowest BCUT2D eigenvalue weighted by atomic mass is 9.67. The smallest absolute Gasteiger partial charge is 0.187 e. The molecule has 0 radical (unpaired) electrons. The van der Waals surface area contributed by atoms with Gasteiger partial charge in [0.2, 0.25) is 0 Å². The summed E-state index contributed by atoms with van der Waals surface area (Å²) in [6.45, 7) is 7.69. The molecule has 5 nitrogen and oxygen atoms in total. The largest absolute Gasteiger partial charge is 0.456 e. The molecule has 0 unspecified atom stereocenters. The van der Waals surface area contributed by atoms with Crippen molar-refractivity contribution in [3.63, 3.8) is 0 Å². The Hall–Kier alpha value is -7.16. The molecule has 2 aliphatic rings. The summed E-state index contributed by atoms with van der Waals surface area (Å²) in [6.07, 6.45) is 5.97. The Balaban J connectivity index is 1.03. The van der Waals surface area contributed by atoms with Gasteiger partial charge in [0.1, 0.15) is 11.2 Å². The molecule has 1 saturated carbocycles. The number of hydrogen-bond donors (Lipinski definition) is 0. The van der Waals surface area contributed by atoms with Gasteiger partial charge in [-0.25, -0.2) is 19.8 Å². The van der Waals surface area contributed by atoms with Gasteiger partial charge in [-0.05, 0) is 93.7 Å². The maximum atomic E-state index is 7.69. The third-order valence-corrected chi connectivity index (χ3v) is 12.2. The number of nitrogens with zero attached hydrogens (tertiary/aromatic N) is 4. The van der Waals surface area contributed by atoms with Crippen LogP contribution in [0.1, 0.15) is 43.2 Å². The lowest BCUT2D eigenvalue weighted by Crippen LogP contribution is -2.28. The molecule has 1 spiro atoms. The average molecular weight is 733 g/mol. The fourth-order valence-corrected chi connectivity index (χ4v) is 9.34. The third kappa shape index (κ3) is 5.56. The van der Waals surface area contributed by atoms with Gasteiger partial charge in [-0.15, -0.1) is 0 Å². The summed E-state index contributed by atoms with van der Waals surface area (Å²) < 4.78 is 6.29. The monoisotopic (exact) mass is 732 g/mol. The minimum absolute atomic E-state index is 0.00783. The van der Waals surface area contributed by atoms with Crippen molar-refractivity contribution in [2.24, 2.45) is 0 Å². The number of aromatic nitrogens is 3. The second kappa shape index (κ2) is 13.3. The molecule has 11 rings (SSSR count).